The van der Waals surface area contributed by atoms with Gasteiger partial charge in [0.1, 0.15) is 17.4 Å². The summed E-state index contributed by atoms with van der Waals surface area (Å²) in [6.07, 6.45) is 0. The molecular weight excluding hydrogens is 359 g/mol. The second-order valence-corrected chi connectivity index (χ2v) is 5.58. The van der Waals surface area contributed by atoms with Crippen molar-refractivity contribution in [2.75, 3.05) is 7.11 Å². The van der Waals surface area contributed by atoms with Gasteiger partial charge in [-0.3, -0.25) is 4.57 Å². The zero-order valence-electron chi connectivity index (χ0n) is 11.1. The van der Waals surface area contributed by atoms with E-state index in [9.17, 15) is 4.39 Å². The molecule has 0 aliphatic heterocycles. The summed E-state index contributed by atoms with van der Waals surface area (Å²) in [5, 5.41) is 0. The van der Waals surface area contributed by atoms with Crippen LogP contribution in [-0.2, 0) is 5.88 Å². The summed E-state index contributed by atoms with van der Waals surface area (Å²) < 4.78 is 21.3. The van der Waals surface area contributed by atoms with E-state index in [0.717, 1.165) is 5.69 Å². The molecule has 0 atom stereocenters. The van der Waals surface area contributed by atoms with Crippen LogP contribution in [-0.4, -0.2) is 16.7 Å². The lowest BCUT2D eigenvalue weighted by atomic mass is 10.2. The maximum absolute atomic E-state index is 13.9. The number of rotatable bonds is 3. The first kappa shape index (κ1) is 14.4. The minimum Gasteiger partial charge on any atom is -0.497 e. The minimum atomic E-state index is -0.340. The van der Waals surface area contributed by atoms with Gasteiger partial charge in [-0.2, -0.15) is 0 Å². The van der Waals surface area contributed by atoms with Crippen molar-refractivity contribution in [3.8, 4) is 11.4 Å². The van der Waals surface area contributed by atoms with E-state index in [0.29, 0.717) is 27.1 Å². The van der Waals surface area contributed by atoms with Gasteiger partial charge in [-0.1, -0.05) is 6.07 Å². The predicted octanol–water partition coefficient (Wildman–Crippen LogP) is 4.67. The van der Waals surface area contributed by atoms with Crippen molar-refractivity contribution in [3.05, 3.63) is 52.5 Å². The van der Waals surface area contributed by atoms with E-state index >= 15 is 0 Å². The van der Waals surface area contributed by atoms with E-state index in [4.69, 9.17) is 16.3 Å². The van der Waals surface area contributed by atoms with Crippen molar-refractivity contribution in [1.29, 1.82) is 0 Å². The van der Waals surface area contributed by atoms with Gasteiger partial charge in [0.15, 0.2) is 0 Å². The fourth-order valence-corrected chi connectivity index (χ4v) is 2.76. The number of alkyl halides is 1. The number of hydrogen-bond acceptors (Lipinski definition) is 2. The SMILES string of the molecule is COc1cccc(-n2c(CCl)nc3cc(Br)c(F)cc32)c1. The Bertz CT molecular complexity index is 819. The lowest BCUT2D eigenvalue weighted by Crippen LogP contribution is -1.99. The van der Waals surface area contributed by atoms with Crippen molar-refractivity contribution in [3.63, 3.8) is 0 Å². The molecule has 0 radical (unpaired) electrons. The Balaban J connectivity index is 2.31. The van der Waals surface area contributed by atoms with Crippen LogP contribution in [0, 0.1) is 5.82 Å². The summed E-state index contributed by atoms with van der Waals surface area (Å²) in [4.78, 5) is 4.46. The highest BCUT2D eigenvalue weighted by molar-refractivity contribution is 9.10. The van der Waals surface area contributed by atoms with Crippen molar-refractivity contribution >= 4 is 38.6 Å². The molecule has 0 aliphatic carbocycles. The number of benzene rings is 2. The van der Waals surface area contributed by atoms with Crippen LogP contribution < -0.4 is 4.74 Å². The second kappa shape index (κ2) is 5.66. The molecule has 1 heterocycles. The van der Waals surface area contributed by atoms with Crippen molar-refractivity contribution < 1.29 is 9.13 Å². The van der Waals surface area contributed by atoms with Gasteiger partial charge in [0.25, 0.3) is 0 Å². The van der Waals surface area contributed by atoms with Crippen LogP contribution in [0.4, 0.5) is 4.39 Å². The molecule has 0 unspecified atom stereocenters. The lowest BCUT2D eigenvalue weighted by Gasteiger charge is -2.09. The fourth-order valence-electron chi connectivity index (χ4n) is 2.25. The number of imidazole rings is 1. The predicted molar refractivity (Wildman–Crippen MR) is 84.8 cm³/mol. The third kappa shape index (κ3) is 2.51. The molecule has 3 aromatic rings. The van der Waals surface area contributed by atoms with Gasteiger partial charge in [-0.05, 0) is 34.1 Å². The Labute approximate surface area is 134 Å². The number of methoxy groups -OCH3 is 1. The molecule has 3 rings (SSSR count). The van der Waals surface area contributed by atoms with Crippen LogP contribution in [0.2, 0.25) is 0 Å². The largest absolute Gasteiger partial charge is 0.497 e. The van der Waals surface area contributed by atoms with Gasteiger partial charge in [0.05, 0.1) is 34.2 Å². The molecule has 0 spiro atoms. The van der Waals surface area contributed by atoms with Gasteiger partial charge in [0.2, 0.25) is 0 Å². The first-order valence-electron chi connectivity index (χ1n) is 6.21. The van der Waals surface area contributed by atoms with Crippen LogP contribution in [0.1, 0.15) is 5.82 Å². The number of hydrogen-bond donors (Lipinski definition) is 0. The maximum Gasteiger partial charge on any atom is 0.139 e. The van der Waals surface area contributed by atoms with Gasteiger partial charge in [0, 0.05) is 12.1 Å². The lowest BCUT2D eigenvalue weighted by molar-refractivity contribution is 0.414. The Morgan fingerprint density at radius 1 is 1.33 bits per heavy atom. The topological polar surface area (TPSA) is 27.1 Å². The molecule has 0 N–H and O–H groups in total. The zero-order valence-corrected chi connectivity index (χ0v) is 13.4. The molecular formula is C15H11BrClFN2O. The fraction of sp³-hybridized carbons (Fsp3) is 0.133. The molecule has 0 saturated carbocycles. The van der Waals surface area contributed by atoms with E-state index in [1.807, 2.05) is 28.8 Å². The monoisotopic (exact) mass is 368 g/mol. The smallest absolute Gasteiger partial charge is 0.139 e. The molecule has 1 aromatic heterocycles. The third-order valence-electron chi connectivity index (χ3n) is 3.20. The number of fused-ring (bicyclic) bond motifs is 1. The first-order chi connectivity index (χ1) is 10.1. The molecule has 108 valence electrons. The van der Waals surface area contributed by atoms with Crippen LogP contribution in [0.3, 0.4) is 0 Å². The average molecular weight is 370 g/mol. The molecule has 0 fully saturated rings. The molecule has 0 bridgehead atoms. The van der Waals surface area contributed by atoms with Gasteiger partial charge >= 0.3 is 0 Å². The van der Waals surface area contributed by atoms with Crippen molar-refractivity contribution in [2.24, 2.45) is 0 Å². The molecule has 0 aliphatic rings. The molecule has 6 heteroatoms. The van der Waals surface area contributed by atoms with Gasteiger partial charge in [-0.25, -0.2) is 9.37 Å². The number of halogens is 3. The summed E-state index contributed by atoms with van der Waals surface area (Å²) in [7, 11) is 1.60. The Hall–Kier alpha value is -1.59. The van der Waals surface area contributed by atoms with Crippen LogP contribution in [0.25, 0.3) is 16.7 Å². The molecule has 3 nitrogen and oxygen atoms in total. The summed E-state index contributed by atoms with van der Waals surface area (Å²) in [5.41, 5.74) is 2.18. The maximum atomic E-state index is 13.9. The third-order valence-corrected chi connectivity index (χ3v) is 4.04. The second-order valence-electron chi connectivity index (χ2n) is 4.45. The number of ether oxygens (including phenoxy) is 1. The standard InChI is InChI=1S/C15H11BrClFN2O/c1-21-10-4-2-3-9(5-10)20-14-7-12(18)11(16)6-13(14)19-15(20)8-17/h2-7H,8H2,1H3. The highest BCUT2D eigenvalue weighted by atomic mass is 79.9. The minimum absolute atomic E-state index is 0.227. The quantitative estimate of drug-likeness (QED) is 0.627. The number of aromatic nitrogens is 2. The zero-order chi connectivity index (χ0) is 15.0. The Kier molecular flexibility index (Phi) is 3.87. The van der Waals surface area contributed by atoms with Crippen LogP contribution in [0.5, 0.6) is 5.75 Å². The Morgan fingerprint density at radius 2 is 2.14 bits per heavy atom. The summed E-state index contributed by atoms with van der Waals surface area (Å²) in [6, 6.07) is 10.6. The first-order valence-corrected chi connectivity index (χ1v) is 7.53. The summed E-state index contributed by atoms with van der Waals surface area (Å²) >= 11 is 9.16. The van der Waals surface area contributed by atoms with E-state index in [1.165, 1.54) is 6.07 Å². The van der Waals surface area contributed by atoms with Crippen molar-refractivity contribution in [2.45, 2.75) is 5.88 Å². The molecule has 0 saturated heterocycles. The van der Waals surface area contributed by atoms with Crippen LogP contribution in [0.15, 0.2) is 40.9 Å². The molecule has 0 amide bonds. The van der Waals surface area contributed by atoms with Gasteiger partial charge in [-0.15, -0.1) is 11.6 Å². The Morgan fingerprint density at radius 3 is 2.86 bits per heavy atom. The molecule has 2 aromatic carbocycles. The summed E-state index contributed by atoms with van der Waals surface area (Å²) in [5.74, 6) is 1.25. The van der Waals surface area contributed by atoms with Crippen molar-refractivity contribution in [1.82, 2.24) is 9.55 Å². The average Bonchev–Trinajstić information content (AvgIpc) is 2.85. The van der Waals surface area contributed by atoms with Crippen LogP contribution >= 0.6 is 27.5 Å². The highest BCUT2D eigenvalue weighted by Crippen LogP contribution is 2.28. The van der Waals surface area contributed by atoms with E-state index in [-0.39, 0.29) is 11.7 Å². The summed E-state index contributed by atoms with van der Waals surface area (Å²) in [6.45, 7) is 0. The van der Waals surface area contributed by atoms with E-state index in [1.54, 1.807) is 13.2 Å². The number of nitrogens with zero attached hydrogens (tertiary/aromatic N) is 2. The highest BCUT2D eigenvalue weighted by Gasteiger charge is 2.14. The van der Waals surface area contributed by atoms with E-state index in [2.05, 4.69) is 20.9 Å². The molecule has 21 heavy (non-hydrogen) atoms. The normalized spacial score (nSPS) is 11.0. The van der Waals surface area contributed by atoms with E-state index < -0.39 is 0 Å². The van der Waals surface area contributed by atoms with Gasteiger partial charge < -0.3 is 4.74 Å².